The van der Waals surface area contributed by atoms with Gasteiger partial charge in [0.2, 0.25) is 0 Å². The molecule has 2 nitrogen and oxygen atoms in total. The minimum absolute atomic E-state index is 0.0216. The highest BCUT2D eigenvalue weighted by molar-refractivity contribution is 5.03. The predicted octanol–water partition coefficient (Wildman–Crippen LogP) is 1.71. The van der Waals surface area contributed by atoms with Crippen LogP contribution in [0.15, 0.2) is 0 Å². The van der Waals surface area contributed by atoms with Crippen LogP contribution in [0.5, 0.6) is 0 Å². The Labute approximate surface area is 73.9 Å². The van der Waals surface area contributed by atoms with Crippen molar-refractivity contribution in [1.82, 2.24) is 0 Å². The van der Waals surface area contributed by atoms with Gasteiger partial charge in [0.25, 0.3) is 0 Å². The van der Waals surface area contributed by atoms with Crippen LogP contribution in [0.1, 0.15) is 40.0 Å². The van der Waals surface area contributed by atoms with Crippen LogP contribution < -0.4 is 0 Å². The van der Waals surface area contributed by atoms with Crippen LogP contribution in [0.4, 0.5) is 0 Å². The van der Waals surface area contributed by atoms with Crippen LogP contribution in [0.25, 0.3) is 0 Å². The van der Waals surface area contributed by atoms with Gasteiger partial charge in [-0.1, -0.05) is 0 Å². The number of ether oxygens (including phenoxy) is 1. The first-order valence-electron chi connectivity index (χ1n) is 4.82. The molecule has 70 valence electrons. The van der Waals surface area contributed by atoms with Crippen LogP contribution in [0, 0.1) is 5.92 Å². The molecule has 2 rings (SSSR count). The lowest BCUT2D eigenvalue weighted by Crippen LogP contribution is -2.41. The van der Waals surface area contributed by atoms with E-state index in [0.29, 0.717) is 5.92 Å². The zero-order valence-electron chi connectivity index (χ0n) is 8.13. The molecule has 3 atom stereocenters. The molecule has 1 aliphatic carbocycles. The molecule has 0 amide bonds. The summed E-state index contributed by atoms with van der Waals surface area (Å²) in [6.07, 6.45) is 2.80. The predicted molar refractivity (Wildman–Crippen MR) is 46.9 cm³/mol. The Hall–Kier alpha value is -0.0800. The molecule has 0 radical (unpaired) electrons. The van der Waals surface area contributed by atoms with Crippen LogP contribution in [-0.4, -0.2) is 22.4 Å². The van der Waals surface area contributed by atoms with E-state index in [9.17, 15) is 5.11 Å². The fourth-order valence-corrected chi connectivity index (χ4v) is 2.78. The van der Waals surface area contributed by atoms with E-state index in [1.54, 1.807) is 0 Å². The van der Waals surface area contributed by atoms with Crippen molar-refractivity contribution in [1.29, 1.82) is 0 Å². The molecular weight excluding hydrogens is 152 g/mol. The minimum atomic E-state index is -0.258. The maximum Gasteiger partial charge on any atom is 0.0923 e. The van der Waals surface area contributed by atoms with Crippen molar-refractivity contribution < 1.29 is 9.84 Å². The molecule has 12 heavy (non-hydrogen) atoms. The summed E-state index contributed by atoms with van der Waals surface area (Å²) in [6.45, 7) is 6.32. The summed E-state index contributed by atoms with van der Waals surface area (Å²) >= 11 is 0. The molecular formula is C10H18O2. The highest BCUT2D eigenvalue weighted by Crippen LogP contribution is 2.50. The van der Waals surface area contributed by atoms with Gasteiger partial charge < -0.3 is 9.84 Å². The standard InChI is InChI=1S/C10H18O2/c1-9(2)7-4-5-8(11)10(3,6-7)12-9/h7-8,11H,4-6H2,1-3H3/t7-,8-,10-/m0/s1. The van der Waals surface area contributed by atoms with Crippen molar-refractivity contribution in [3.05, 3.63) is 0 Å². The number of aliphatic hydroxyl groups excluding tert-OH is 1. The third-order valence-corrected chi connectivity index (χ3v) is 3.62. The molecule has 2 fully saturated rings. The smallest absolute Gasteiger partial charge is 0.0923 e. The average Bonchev–Trinajstić information content (AvgIpc) is 2.12. The molecule has 2 heteroatoms. The van der Waals surface area contributed by atoms with Crippen LogP contribution in [0.3, 0.4) is 0 Å². The molecule has 0 aromatic carbocycles. The second kappa shape index (κ2) is 2.24. The Balaban J connectivity index is 2.27. The molecule has 0 spiro atoms. The number of fused-ring (bicyclic) bond motifs is 2. The zero-order valence-corrected chi connectivity index (χ0v) is 8.13. The first kappa shape index (κ1) is 8.52. The van der Waals surface area contributed by atoms with Crippen LogP contribution in [0.2, 0.25) is 0 Å². The van der Waals surface area contributed by atoms with Gasteiger partial charge in [-0.3, -0.25) is 0 Å². The molecule has 1 N–H and O–H groups in total. The fraction of sp³-hybridized carbons (Fsp3) is 1.00. The second-order valence-electron chi connectivity index (χ2n) is 5.01. The summed E-state index contributed by atoms with van der Waals surface area (Å²) in [5.74, 6) is 0.644. The van der Waals surface area contributed by atoms with Gasteiger partial charge >= 0.3 is 0 Å². The fourth-order valence-electron chi connectivity index (χ4n) is 2.78. The summed E-state index contributed by atoms with van der Waals surface area (Å²) in [5, 5.41) is 9.76. The van der Waals surface area contributed by atoms with Gasteiger partial charge in [0.1, 0.15) is 0 Å². The van der Waals surface area contributed by atoms with E-state index in [0.717, 1.165) is 19.3 Å². The highest BCUT2D eigenvalue weighted by Gasteiger charge is 2.54. The average molecular weight is 170 g/mol. The van der Waals surface area contributed by atoms with Crippen molar-refractivity contribution >= 4 is 0 Å². The lowest BCUT2D eigenvalue weighted by Gasteiger charge is -2.32. The van der Waals surface area contributed by atoms with E-state index in [1.165, 1.54) is 0 Å². The van der Waals surface area contributed by atoms with Gasteiger partial charge in [-0.25, -0.2) is 0 Å². The summed E-state index contributed by atoms with van der Waals surface area (Å²) in [5.41, 5.74) is -0.279. The van der Waals surface area contributed by atoms with E-state index >= 15 is 0 Å². The Bertz CT molecular complexity index is 200. The molecule has 1 heterocycles. The third kappa shape index (κ3) is 1.01. The lowest BCUT2D eigenvalue weighted by atomic mass is 9.75. The third-order valence-electron chi connectivity index (χ3n) is 3.62. The normalized spacial score (nSPS) is 51.0. The molecule has 1 aliphatic heterocycles. The van der Waals surface area contributed by atoms with Crippen LogP contribution >= 0.6 is 0 Å². The van der Waals surface area contributed by atoms with Gasteiger partial charge in [-0.05, 0) is 46.0 Å². The van der Waals surface area contributed by atoms with E-state index < -0.39 is 0 Å². The van der Waals surface area contributed by atoms with Gasteiger partial charge in [0.15, 0.2) is 0 Å². The van der Waals surface area contributed by atoms with Crippen molar-refractivity contribution in [3.63, 3.8) is 0 Å². The summed E-state index contributed by atoms with van der Waals surface area (Å²) in [4.78, 5) is 0. The van der Waals surface area contributed by atoms with E-state index in [2.05, 4.69) is 13.8 Å². The topological polar surface area (TPSA) is 29.5 Å². The van der Waals surface area contributed by atoms with Crippen molar-refractivity contribution in [2.24, 2.45) is 5.92 Å². The maximum absolute atomic E-state index is 9.76. The molecule has 2 aliphatic rings. The number of rotatable bonds is 0. The quantitative estimate of drug-likeness (QED) is 0.599. The van der Waals surface area contributed by atoms with Gasteiger partial charge in [-0.15, -0.1) is 0 Å². The SMILES string of the molecule is CC1(C)O[C@@]2(C)C[C@@H]1CC[C@@H]2O. The van der Waals surface area contributed by atoms with Crippen molar-refractivity contribution in [3.8, 4) is 0 Å². The van der Waals surface area contributed by atoms with E-state index in [1.807, 2.05) is 6.92 Å². The largest absolute Gasteiger partial charge is 0.390 e. The molecule has 1 saturated carbocycles. The Morgan fingerprint density at radius 1 is 1.25 bits per heavy atom. The first-order chi connectivity index (χ1) is 5.44. The summed E-state index contributed by atoms with van der Waals surface area (Å²) in [7, 11) is 0. The molecule has 2 bridgehead atoms. The molecule has 0 unspecified atom stereocenters. The highest BCUT2D eigenvalue weighted by atomic mass is 16.5. The Morgan fingerprint density at radius 2 is 1.92 bits per heavy atom. The van der Waals surface area contributed by atoms with E-state index in [4.69, 9.17) is 4.74 Å². The number of hydrogen-bond donors (Lipinski definition) is 1. The Morgan fingerprint density at radius 3 is 2.50 bits per heavy atom. The second-order valence-corrected chi connectivity index (χ2v) is 5.01. The number of aliphatic hydroxyl groups is 1. The van der Waals surface area contributed by atoms with Gasteiger partial charge in [-0.2, -0.15) is 0 Å². The monoisotopic (exact) mass is 170 g/mol. The molecule has 0 aromatic rings. The summed E-state index contributed by atoms with van der Waals surface area (Å²) < 4.78 is 5.92. The Kier molecular flexibility index (Phi) is 1.59. The minimum Gasteiger partial charge on any atom is -0.390 e. The van der Waals surface area contributed by atoms with Crippen molar-refractivity contribution in [2.45, 2.75) is 57.3 Å². The van der Waals surface area contributed by atoms with Crippen molar-refractivity contribution in [2.75, 3.05) is 0 Å². The zero-order chi connectivity index (χ0) is 8.98. The van der Waals surface area contributed by atoms with E-state index in [-0.39, 0.29) is 17.3 Å². The van der Waals surface area contributed by atoms with Crippen LogP contribution in [-0.2, 0) is 4.74 Å². The lowest BCUT2D eigenvalue weighted by molar-refractivity contribution is -0.130. The maximum atomic E-state index is 9.76. The molecule has 1 saturated heterocycles. The number of hydrogen-bond acceptors (Lipinski definition) is 2. The summed E-state index contributed by atoms with van der Waals surface area (Å²) in [6, 6.07) is 0. The first-order valence-corrected chi connectivity index (χ1v) is 4.82. The molecule has 0 aromatic heterocycles. The van der Waals surface area contributed by atoms with Gasteiger partial charge in [0.05, 0.1) is 17.3 Å². The van der Waals surface area contributed by atoms with Gasteiger partial charge in [0, 0.05) is 0 Å².